The number of likely N-dealkylation sites (tertiary alicyclic amines) is 1. The third-order valence-corrected chi connectivity index (χ3v) is 4.30. The second-order valence-corrected chi connectivity index (χ2v) is 6.42. The number of piperidine rings is 1. The van der Waals surface area contributed by atoms with Gasteiger partial charge in [-0.1, -0.05) is 23.8 Å². The number of nitrogens with two attached hydrogens (primary N) is 1. The molecule has 1 heterocycles. The quantitative estimate of drug-likeness (QED) is 0.869. The van der Waals surface area contributed by atoms with Gasteiger partial charge in [-0.05, 0) is 51.7 Å². The van der Waals surface area contributed by atoms with E-state index in [1.54, 1.807) is 0 Å². The minimum absolute atomic E-state index is 0.271. The molecule has 1 aliphatic heterocycles. The van der Waals surface area contributed by atoms with Crippen LogP contribution in [0, 0.1) is 13.8 Å². The van der Waals surface area contributed by atoms with Crippen molar-refractivity contribution in [3.63, 3.8) is 0 Å². The zero-order chi connectivity index (χ0) is 13.3. The summed E-state index contributed by atoms with van der Waals surface area (Å²) in [7, 11) is 0. The molecule has 2 nitrogen and oxygen atoms in total. The summed E-state index contributed by atoms with van der Waals surface area (Å²) in [5, 5.41) is 0. The molecule has 0 amide bonds. The number of rotatable bonds is 2. The fourth-order valence-corrected chi connectivity index (χ4v) is 2.83. The Bertz CT molecular complexity index is 423. The Morgan fingerprint density at radius 1 is 1.33 bits per heavy atom. The van der Waals surface area contributed by atoms with E-state index in [9.17, 15) is 0 Å². The lowest BCUT2D eigenvalue weighted by Gasteiger charge is -2.45. The number of hydrogen-bond donors (Lipinski definition) is 1. The molecule has 2 rings (SSSR count). The lowest BCUT2D eigenvalue weighted by Crippen LogP contribution is -2.53. The molecule has 18 heavy (non-hydrogen) atoms. The van der Waals surface area contributed by atoms with Gasteiger partial charge in [-0.3, -0.25) is 4.90 Å². The number of benzene rings is 1. The van der Waals surface area contributed by atoms with Crippen LogP contribution in [0.3, 0.4) is 0 Å². The topological polar surface area (TPSA) is 29.3 Å². The molecule has 0 aromatic heterocycles. The second-order valence-electron chi connectivity index (χ2n) is 6.42. The van der Waals surface area contributed by atoms with Crippen LogP contribution in [-0.2, 0) is 6.54 Å². The summed E-state index contributed by atoms with van der Waals surface area (Å²) >= 11 is 0. The van der Waals surface area contributed by atoms with Crippen LogP contribution in [0.25, 0.3) is 0 Å². The largest absolute Gasteiger partial charge is 0.327 e. The Hall–Kier alpha value is -0.860. The van der Waals surface area contributed by atoms with Crippen molar-refractivity contribution in [2.75, 3.05) is 6.54 Å². The lowest BCUT2D eigenvalue weighted by molar-refractivity contribution is 0.0584. The SMILES string of the molecule is Cc1ccc(CN2CC(N)CCC2(C)C)c(C)c1. The van der Waals surface area contributed by atoms with Gasteiger partial charge in [0.1, 0.15) is 0 Å². The van der Waals surface area contributed by atoms with Crippen molar-refractivity contribution in [1.29, 1.82) is 0 Å². The average molecular weight is 246 g/mol. The van der Waals surface area contributed by atoms with Gasteiger partial charge in [0.2, 0.25) is 0 Å². The maximum atomic E-state index is 6.12. The van der Waals surface area contributed by atoms with Crippen LogP contribution in [-0.4, -0.2) is 23.0 Å². The van der Waals surface area contributed by atoms with Gasteiger partial charge < -0.3 is 5.73 Å². The second kappa shape index (κ2) is 5.02. The molecule has 1 aliphatic rings. The summed E-state index contributed by atoms with van der Waals surface area (Å²) in [4.78, 5) is 2.54. The molecule has 100 valence electrons. The Kier molecular flexibility index (Phi) is 3.79. The van der Waals surface area contributed by atoms with Crippen molar-refractivity contribution in [2.45, 2.75) is 58.7 Å². The van der Waals surface area contributed by atoms with E-state index in [-0.39, 0.29) is 5.54 Å². The third kappa shape index (κ3) is 2.93. The summed E-state index contributed by atoms with van der Waals surface area (Å²) in [6, 6.07) is 7.08. The van der Waals surface area contributed by atoms with E-state index in [2.05, 4.69) is 50.8 Å². The molecule has 1 atom stereocenters. The maximum absolute atomic E-state index is 6.12. The minimum Gasteiger partial charge on any atom is -0.327 e. The van der Waals surface area contributed by atoms with E-state index in [0.717, 1.165) is 19.5 Å². The van der Waals surface area contributed by atoms with Gasteiger partial charge in [-0.25, -0.2) is 0 Å². The van der Waals surface area contributed by atoms with Crippen LogP contribution in [0.2, 0.25) is 0 Å². The molecule has 1 saturated heterocycles. The standard InChI is InChI=1S/C16H26N2/c1-12-5-6-14(13(2)9-12)10-18-11-15(17)7-8-16(18,3)4/h5-6,9,15H,7-8,10-11,17H2,1-4H3. The van der Waals surface area contributed by atoms with Crippen molar-refractivity contribution in [2.24, 2.45) is 5.73 Å². The highest BCUT2D eigenvalue weighted by molar-refractivity contribution is 5.30. The average Bonchev–Trinajstić information content (AvgIpc) is 2.27. The van der Waals surface area contributed by atoms with Crippen LogP contribution in [0.4, 0.5) is 0 Å². The lowest BCUT2D eigenvalue weighted by atomic mass is 9.87. The monoisotopic (exact) mass is 246 g/mol. The first-order chi connectivity index (χ1) is 8.38. The number of nitrogens with zero attached hydrogens (tertiary/aromatic N) is 1. The summed E-state index contributed by atoms with van der Waals surface area (Å²) in [5.74, 6) is 0. The molecule has 0 aliphatic carbocycles. The van der Waals surface area contributed by atoms with Gasteiger partial charge in [0.15, 0.2) is 0 Å². The predicted octanol–water partition coefficient (Wildman–Crippen LogP) is 3.01. The first-order valence-electron chi connectivity index (χ1n) is 6.95. The van der Waals surface area contributed by atoms with Crippen LogP contribution < -0.4 is 5.73 Å². The first kappa shape index (κ1) is 13.6. The van der Waals surface area contributed by atoms with Crippen LogP contribution in [0.15, 0.2) is 18.2 Å². The van der Waals surface area contributed by atoms with Gasteiger partial charge in [-0.15, -0.1) is 0 Å². The molecule has 2 N–H and O–H groups in total. The van der Waals surface area contributed by atoms with E-state index >= 15 is 0 Å². The first-order valence-corrected chi connectivity index (χ1v) is 6.95. The molecule has 0 bridgehead atoms. The minimum atomic E-state index is 0.271. The van der Waals surface area contributed by atoms with Crippen molar-refractivity contribution in [1.82, 2.24) is 4.90 Å². The maximum Gasteiger partial charge on any atom is 0.0242 e. The Morgan fingerprint density at radius 2 is 2.06 bits per heavy atom. The highest BCUT2D eigenvalue weighted by Gasteiger charge is 2.32. The molecule has 0 radical (unpaired) electrons. The highest BCUT2D eigenvalue weighted by atomic mass is 15.2. The Labute approximate surface area is 111 Å². The summed E-state index contributed by atoms with van der Waals surface area (Å²) in [6.45, 7) is 11.1. The highest BCUT2D eigenvalue weighted by Crippen LogP contribution is 2.29. The molecule has 1 aromatic rings. The molecule has 1 aromatic carbocycles. The van der Waals surface area contributed by atoms with Gasteiger partial charge in [0, 0.05) is 24.7 Å². The fraction of sp³-hybridized carbons (Fsp3) is 0.625. The molecule has 1 fully saturated rings. The van der Waals surface area contributed by atoms with Crippen LogP contribution in [0.1, 0.15) is 43.4 Å². The number of hydrogen-bond acceptors (Lipinski definition) is 2. The van der Waals surface area contributed by atoms with Gasteiger partial charge >= 0.3 is 0 Å². The Balaban J connectivity index is 2.16. The van der Waals surface area contributed by atoms with Gasteiger partial charge in [0.05, 0.1) is 0 Å². The third-order valence-electron chi connectivity index (χ3n) is 4.30. The molecular formula is C16H26N2. The van der Waals surface area contributed by atoms with Crippen molar-refractivity contribution < 1.29 is 0 Å². The van der Waals surface area contributed by atoms with Crippen LogP contribution >= 0.6 is 0 Å². The summed E-state index contributed by atoms with van der Waals surface area (Å²) in [5.41, 5.74) is 10.6. The van der Waals surface area contributed by atoms with Crippen molar-refractivity contribution >= 4 is 0 Å². The van der Waals surface area contributed by atoms with E-state index in [4.69, 9.17) is 5.73 Å². The molecule has 2 heteroatoms. The van der Waals surface area contributed by atoms with Crippen molar-refractivity contribution in [3.8, 4) is 0 Å². The molecule has 1 unspecified atom stereocenters. The fourth-order valence-electron chi connectivity index (χ4n) is 2.83. The smallest absolute Gasteiger partial charge is 0.0242 e. The van der Waals surface area contributed by atoms with Crippen LogP contribution in [0.5, 0.6) is 0 Å². The molecule has 0 saturated carbocycles. The van der Waals surface area contributed by atoms with E-state index in [1.165, 1.54) is 23.1 Å². The van der Waals surface area contributed by atoms with Crippen molar-refractivity contribution in [3.05, 3.63) is 34.9 Å². The zero-order valence-corrected chi connectivity index (χ0v) is 12.2. The van der Waals surface area contributed by atoms with E-state index in [0.29, 0.717) is 6.04 Å². The number of aryl methyl sites for hydroxylation is 2. The van der Waals surface area contributed by atoms with Gasteiger partial charge in [-0.2, -0.15) is 0 Å². The zero-order valence-electron chi connectivity index (χ0n) is 12.2. The van der Waals surface area contributed by atoms with Gasteiger partial charge in [0.25, 0.3) is 0 Å². The summed E-state index contributed by atoms with van der Waals surface area (Å²) in [6.07, 6.45) is 2.34. The van der Waals surface area contributed by atoms with E-state index < -0.39 is 0 Å². The normalized spacial score (nSPS) is 24.2. The Morgan fingerprint density at radius 3 is 2.72 bits per heavy atom. The molecular weight excluding hydrogens is 220 g/mol. The summed E-state index contributed by atoms with van der Waals surface area (Å²) < 4.78 is 0. The predicted molar refractivity (Wildman–Crippen MR) is 77.6 cm³/mol. The molecule has 0 spiro atoms. The van der Waals surface area contributed by atoms with E-state index in [1.807, 2.05) is 0 Å².